The second-order valence-electron chi connectivity index (χ2n) is 5.54. The zero-order valence-corrected chi connectivity index (χ0v) is 12.2. The van der Waals surface area contributed by atoms with Gasteiger partial charge in [-0.2, -0.15) is 0 Å². The van der Waals surface area contributed by atoms with Crippen LogP contribution in [0.1, 0.15) is 24.8 Å². The fourth-order valence-corrected chi connectivity index (χ4v) is 2.77. The van der Waals surface area contributed by atoms with Crippen LogP contribution in [-0.2, 0) is 16.0 Å². The predicted molar refractivity (Wildman–Crippen MR) is 80.7 cm³/mol. The minimum atomic E-state index is 0.00259. The van der Waals surface area contributed by atoms with Crippen molar-refractivity contribution >= 4 is 11.6 Å². The number of amides is 1. The van der Waals surface area contributed by atoms with E-state index in [1.165, 1.54) is 5.56 Å². The fraction of sp³-hybridized carbons (Fsp3) is 0.562. The van der Waals surface area contributed by atoms with Crippen LogP contribution in [0.3, 0.4) is 0 Å². The topological polar surface area (TPSA) is 59.6 Å². The maximum atomic E-state index is 11.9. The van der Waals surface area contributed by atoms with Crippen molar-refractivity contribution in [2.45, 2.75) is 31.8 Å². The van der Waals surface area contributed by atoms with Crippen molar-refractivity contribution in [2.75, 3.05) is 31.6 Å². The molecular formula is C16H22N2O3. The third kappa shape index (κ3) is 3.95. The molecule has 3 rings (SSSR count). The van der Waals surface area contributed by atoms with Gasteiger partial charge in [0, 0.05) is 12.1 Å². The summed E-state index contributed by atoms with van der Waals surface area (Å²) in [7, 11) is 0. The summed E-state index contributed by atoms with van der Waals surface area (Å²) in [6, 6.07) is 5.80. The van der Waals surface area contributed by atoms with E-state index in [0.29, 0.717) is 19.1 Å². The molecule has 0 saturated carbocycles. The molecule has 5 nitrogen and oxygen atoms in total. The number of hydrogen-bond donors (Lipinski definition) is 2. The van der Waals surface area contributed by atoms with Crippen LogP contribution in [0, 0.1) is 0 Å². The number of nitrogens with one attached hydrogen (secondary N) is 2. The van der Waals surface area contributed by atoms with Crippen molar-refractivity contribution in [1.29, 1.82) is 0 Å². The number of piperidine rings is 1. The fourth-order valence-electron chi connectivity index (χ4n) is 2.77. The molecule has 1 saturated heterocycles. The number of rotatable bonds is 5. The summed E-state index contributed by atoms with van der Waals surface area (Å²) in [4.78, 5) is 11.9. The predicted octanol–water partition coefficient (Wildman–Crippen LogP) is 1.72. The van der Waals surface area contributed by atoms with Gasteiger partial charge in [-0.25, -0.2) is 0 Å². The molecule has 2 N–H and O–H groups in total. The first-order chi connectivity index (χ1) is 10.3. The van der Waals surface area contributed by atoms with Crippen molar-refractivity contribution in [2.24, 2.45) is 0 Å². The second-order valence-corrected chi connectivity index (χ2v) is 5.54. The molecule has 1 fully saturated rings. The molecule has 114 valence electrons. The Labute approximate surface area is 125 Å². The standard InChI is InChI=1S/C16H22N2O3/c19-16(6-10-20-14-3-7-17-8-4-14)18-13-1-2-15-12(11-13)5-9-21-15/h1-2,11,14,17H,3-10H2,(H,18,19). The molecule has 1 aromatic carbocycles. The summed E-state index contributed by atoms with van der Waals surface area (Å²) in [6.45, 7) is 3.24. The molecule has 0 unspecified atom stereocenters. The lowest BCUT2D eigenvalue weighted by Gasteiger charge is -2.22. The third-order valence-corrected chi connectivity index (χ3v) is 3.94. The molecule has 2 aliphatic rings. The first-order valence-electron chi connectivity index (χ1n) is 7.69. The Kier molecular flexibility index (Phi) is 4.72. The smallest absolute Gasteiger partial charge is 0.226 e. The number of benzene rings is 1. The van der Waals surface area contributed by atoms with Crippen molar-refractivity contribution in [1.82, 2.24) is 5.32 Å². The Bertz CT molecular complexity index is 498. The third-order valence-electron chi connectivity index (χ3n) is 3.94. The van der Waals surface area contributed by atoms with Gasteiger partial charge < -0.3 is 20.1 Å². The highest BCUT2D eigenvalue weighted by Crippen LogP contribution is 2.27. The molecule has 2 aliphatic heterocycles. The van der Waals surface area contributed by atoms with E-state index in [9.17, 15) is 4.79 Å². The molecule has 2 heterocycles. The molecule has 0 spiro atoms. The van der Waals surface area contributed by atoms with Gasteiger partial charge in [0.05, 0.1) is 25.7 Å². The van der Waals surface area contributed by atoms with Gasteiger partial charge in [0.25, 0.3) is 0 Å². The second kappa shape index (κ2) is 6.91. The van der Waals surface area contributed by atoms with Crippen LogP contribution in [0.15, 0.2) is 18.2 Å². The lowest BCUT2D eigenvalue weighted by Crippen LogP contribution is -2.33. The summed E-state index contributed by atoms with van der Waals surface area (Å²) in [5.41, 5.74) is 2.00. The SMILES string of the molecule is O=C(CCOC1CCNCC1)Nc1ccc2c(c1)CCO2. The highest BCUT2D eigenvalue weighted by molar-refractivity contribution is 5.91. The van der Waals surface area contributed by atoms with Crippen molar-refractivity contribution in [3.8, 4) is 5.75 Å². The van der Waals surface area contributed by atoms with Crippen molar-refractivity contribution < 1.29 is 14.3 Å². The maximum Gasteiger partial charge on any atom is 0.226 e. The Morgan fingerprint density at radius 1 is 1.38 bits per heavy atom. The number of fused-ring (bicyclic) bond motifs is 1. The summed E-state index contributed by atoms with van der Waals surface area (Å²) < 4.78 is 11.2. The van der Waals surface area contributed by atoms with Crippen LogP contribution < -0.4 is 15.4 Å². The molecule has 0 radical (unpaired) electrons. The van der Waals surface area contributed by atoms with E-state index < -0.39 is 0 Å². The quantitative estimate of drug-likeness (QED) is 0.867. The molecule has 0 atom stereocenters. The van der Waals surface area contributed by atoms with Crippen LogP contribution in [-0.4, -0.2) is 38.3 Å². The van der Waals surface area contributed by atoms with Gasteiger partial charge in [0.2, 0.25) is 5.91 Å². The summed E-state index contributed by atoms with van der Waals surface area (Å²) in [5, 5.41) is 6.22. The Morgan fingerprint density at radius 2 is 2.24 bits per heavy atom. The van der Waals surface area contributed by atoms with Crippen LogP contribution in [0.5, 0.6) is 5.75 Å². The minimum absolute atomic E-state index is 0.00259. The van der Waals surface area contributed by atoms with Gasteiger partial charge in [-0.3, -0.25) is 4.79 Å². The van der Waals surface area contributed by atoms with Crippen LogP contribution in [0.2, 0.25) is 0 Å². The average Bonchev–Trinajstić information content (AvgIpc) is 2.96. The molecular weight excluding hydrogens is 268 g/mol. The molecule has 5 heteroatoms. The number of carbonyl (C=O) groups is 1. The van der Waals surface area contributed by atoms with Gasteiger partial charge in [0.15, 0.2) is 0 Å². The average molecular weight is 290 g/mol. The van der Waals surface area contributed by atoms with E-state index in [1.54, 1.807) is 0 Å². The van der Waals surface area contributed by atoms with Crippen molar-refractivity contribution in [3.05, 3.63) is 23.8 Å². The summed E-state index contributed by atoms with van der Waals surface area (Å²) >= 11 is 0. The van der Waals surface area contributed by atoms with Gasteiger partial charge in [-0.15, -0.1) is 0 Å². The molecule has 0 aliphatic carbocycles. The van der Waals surface area contributed by atoms with Crippen LogP contribution in [0.4, 0.5) is 5.69 Å². The van der Waals surface area contributed by atoms with E-state index in [2.05, 4.69) is 10.6 Å². The molecule has 0 bridgehead atoms. The Hall–Kier alpha value is -1.59. The molecule has 1 aromatic rings. The summed E-state index contributed by atoms with van der Waals surface area (Å²) in [6.07, 6.45) is 3.69. The monoisotopic (exact) mass is 290 g/mol. The molecule has 21 heavy (non-hydrogen) atoms. The highest BCUT2D eigenvalue weighted by Gasteiger charge is 2.15. The number of ether oxygens (including phenoxy) is 2. The zero-order chi connectivity index (χ0) is 14.5. The number of hydrogen-bond acceptors (Lipinski definition) is 4. The van der Waals surface area contributed by atoms with Gasteiger partial charge in [-0.1, -0.05) is 0 Å². The van der Waals surface area contributed by atoms with Crippen LogP contribution >= 0.6 is 0 Å². The minimum Gasteiger partial charge on any atom is -0.493 e. The Morgan fingerprint density at radius 3 is 3.10 bits per heavy atom. The van der Waals surface area contributed by atoms with E-state index in [4.69, 9.17) is 9.47 Å². The van der Waals surface area contributed by atoms with E-state index in [-0.39, 0.29) is 5.91 Å². The highest BCUT2D eigenvalue weighted by atomic mass is 16.5. The summed E-state index contributed by atoms with van der Waals surface area (Å²) in [5.74, 6) is 0.935. The van der Waals surface area contributed by atoms with Crippen LogP contribution in [0.25, 0.3) is 0 Å². The number of anilines is 1. The van der Waals surface area contributed by atoms with E-state index in [1.807, 2.05) is 18.2 Å². The lowest BCUT2D eigenvalue weighted by molar-refractivity contribution is -0.117. The number of carbonyl (C=O) groups excluding carboxylic acids is 1. The normalized spacial score (nSPS) is 18.1. The van der Waals surface area contributed by atoms with Gasteiger partial charge >= 0.3 is 0 Å². The van der Waals surface area contributed by atoms with E-state index in [0.717, 1.165) is 50.4 Å². The van der Waals surface area contributed by atoms with Gasteiger partial charge in [-0.05, 0) is 49.7 Å². The molecule has 0 aromatic heterocycles. The van der Waals surface area contributed by atoms with E-state index >= 15 is 0 Å². The Balaban J connectivity index is 1.41. The maximum absolute atomic E-state index is 11.9. The first-order valence-corrected chi connectivity index (χ1v) is 7.69. The van der Waals surface area contributed by atoms with Crippen molar-refractivity contribution in [3.63, 3.8) is 0 Å². The first kappa shape index (κ1) is 14.4. The molecule has 1 amide bonds. The van der Waals surface area contributed by atoms with Gasteiger partial charge in [0.1, 0.15) is 5.75 Å². The largest absolute Gasteiger partial charge is 0.493 e. The lowest BCUT2D eigenvalue weighted by atomic mass is 10.1. The zero-order valence-electron chi connectivity index (χ0n) is 12.2.